The zero-order valence-corrected chi connectivity index (χ0v) is 24.7. The van der Waals surface area contributed by atoms with Crippen molar-refractivity contribution in [3.8, 4) is 10.6 Å². The van der Waals surface area contributed by atoms with Crippen LogP contribution < -0.4 is 21.3 Å². The molecule has 1 aliphatic carbocycles. The van der Waals surface area contributed by atoms with Gasteiger partial charge in [-0.3, -0.25) is 0 Å². The Morgan fingerprint density at radius 3 is 2.67 bits per heavy atom. The van der Waals surface area contributed by atoms with Gasteiger partial charge in [0, 0.05) is 31.2 Å². The zero-order chi connectivity index (χ0) is 28.7. The van der Waals surface area contributed by atoms with E-state index in [4.69, 9.17) is 24.4 Å². The van der Waals surface area contributed by atoms with Crippen molar-refractivity contribution in [3.63, 3.8) is 0 Å². The van der Waals surface area contributed by atoms with Gasteiger partial charge in [0.25, 0.3) is 0 Å². The minimum Gasteiger partial charge on any atom is -0.396 e. The standard InChI is InChI=1S/C28H39N7O4S/c1-16-20(23-32-18-9-7-8-10-19(18)40-23)22(33-24(31-16)29-13-14-30-25(37)35-26(2,3)4)34-28-12-11-17(15-36)21(28)38-27(5,6)39-28/h7-10,17,21,36H,11-15H2,1-6H3,(H2,30,35,37)(H2,29,31,33,34). The summed E-state index contributed by atoms with van der Waals surface area (Å²) in [6, 6.07) is 7.78. The Balaban J connectivity index is 1.45. The van der Waals surface area contributed by atoms with Crippen molar-refractivity contribution < 1.29 is 19.4 Å². The Labute approximate surface area is 238 Å². The highest BCUT2D eigenvalue weighted by Gasteiger charge is 2.60. The fourth-order valence-electron chi connectivity index (χ4n) is 5.40. The maximum atomic E-state index is 12.1. The maximum Gasteiger partial charge on any atom is 0.315 e. The molecule has 3 aromatic rings. The number of nitrogens with zero attached hydrogens (tertiary/aromatic N) is 3. The first-order chi connectivity index (χ1) is 18.9. The first-order valence-corrected chi connectivity index (χ1v) is 14.5. The van der Waals surface area contributed by atoms with Crippen LogP contribution in [-0.4, -0.2) is 68.9 Å². The van der Waals surface area contributed by atoms with E-state index < -0.39 is 11.5 Å². The second kappa shape index (κ2) is 10.7. The van der Waals surface area contributed by atoms with Crippen LogP contribution in [0.4, 0.5) is 16.6 Å². The number of hydrogen-bond donors (Lipinski definition) is 5. The number of benzene rings is 1. The molecule has 2 fully saturated rings. The van der Waals surface area contributed by atoms with Crippen LogP contribution in [-0.2, 0) is 9.47 Å². The highest BCUT2D eigenvalue weighted by molar-refractivity contribution is 7.21. The average Bonchev–Trinajstić information content (AvgIpc) is 3.48. The van der Waals surface area contributed by atoms with E-state index in [2.05, 4.69) is 21.3 Å². The van der Waals surface area contributed by atoms with E-state index >= 15 is 0 Å². The minimum atomic E-state index is -0.854. The van der Waals surface area contributed by atoms with Gasteiger partial charge in [0.1, 0.15) is 16.9 Å². The smallest absolute Gasteiger partial charge is 0.315 e. The van der Waals surface area contributed by atoms with E-state index in [0.717, 1.165) is 32.9 Å². The molecule has 5 rings (SSSR count). The van der Waals surface area contributed by atoms with Gasteiger partial charge >= 0.3 is 6.03 Å². The monoisotopic (exact) mass is 569 g/mol. The summed E-state index contributed by atoms with van der Waals surface area (Å²) in [5, 5.41) is 23.4. The number of urea groups is 1. The van der Waals surface area contributed by atoms with Crippen molar-refractivity contribution in [1.29, 1.82) is 0 Å². The molecule has 3 atom stereocenters. The van der Waals surface area contributed by atoms with Crippen LogP contribution >= 0.6 is 11.3 Å². The number of thiazole rings is 1. The van der Waals surface area contributed by atoms with E-state index in [1.165, 1.54) is 0 Å². The third kappa shape index (κ3) is 5.99. The van der Waals surface area contributed by atoms with Crippen molar-refractivity contribution in [2.75, 3.05) is 30.3 Å². The predicted molar refractivity (Wildman–Crippen MR) is 156 cm³/mol. The van der Waals surface area contributed by atoms with Gasteiger partial charge in [-0.25, -0.2) is 14.8 Å². The van der Waals surface area contributed by atoms with Crippen LogP contribution in [0.15, 0.2) is 24.3 Å². The van der Waals surface area contributed by atoms with Gasteiger partial charge in [-0.15, -0.1) is 11.3 Å². The van der Waals surface area contributed by atoms with Gasteiger partial charge in [-0.1, -0.05) is 12.1 Å². The number of para-hydroxylation sites is 1. The molecule has 0 bridgehead atoms. The molecule has 1 saturated carbocycles. The number of amides is 2. The van der Waals surface area contributed by atoms with Crippen molar-refractivity contribution in [2.24, 2.45) is 5.92 Å². The lowest BCUT2D eigenvalue weighted by Gasteiger charge is -2.31. The Morgan fingerprint density at radius 1 is 1.18 bits per heavy atom. The molecule has 2 aromatic heterocycles. The predicted octanol–water partition coefficient (Wildman–Crippen LogP) is 4.23. The molecular weight excluding hydrogens is 530 g/mol. The first kappa shape index (κ1) is 28.5. The highest BCUT2D eigenvalue weighted by Crippen LogP contribution is 2.50. The summed E-state index contributed by atoms with van der Waals surface area (Å²) in [5.41, 5.74) is 1.28. The molecule has 2 aliphatic rings. The van der Waals surface area contributed by atoms with Gasteiger partial charge in [0.2, 0.25) is 5.95 Å². The molecule has 3 unspecified atom stereocenters. The third-order valence-corrected chi connectivity index (χ3v) is 8.01. The van der Waals surface area contributed by atoms with Crippen LogP contribution in [0.2, 0.25) is 0 Å². The van der Waals surface area contributed by atoms with E-state index in [0.29, 0.717) is 31.3 Å². The van der Waals surface area contributed by atoms with Crippen molar-refractivity contribution in [1.82, 2.24) is 25.6 Å². The molecule has 0 spiro atoms. The average molecular weight is 570 g/mol. The van der Waals surface area contributed by atoms with Crippen molar-refractivity contribution in [3.05, 3.63) is 30.0 Å². The molecule has 1 aromatic carbocycles. The van der Waals surface area contributed by atoms with E-state index in [-0.39, 0.29) is 30.2 Å². The summed E-state index contributed by atoms with van der Waals surface area (Å²) in [6.45, 7) is 12.3. The van der Waals surface area contributed by atoms with Crippen LogP contribution in [0, 0.1) is 12.8 Å². The van der Waals surface area contributed by atoms with E-state index in [1.807, 2.05) is 65.8 Å². The van der Waals surface area contributed by atoms with E-state index in [9.17, 15) is 9.90 Å². The van der Waals surface area contributed by atoms with Crippen molar-refractivity contribution >= 4 is 39.4 Å². The lowest BCUT2D eigenvalue weighted by molar-refractivity contribution is -0.168. The Hall–Kier alpha value is -3.06. The van der Waals surface area contributed by atoms with Crippen LogP contribution in [0.25, 0.3) is 20.8 Å². The number of aliphatic hydroxyl groups is 1. The second-order valence-corrected chi connectivity index (χ2v) is 13.0. The largest absolute Gasteiger partial charge is 0.396 e. The highest BCUT2D eigenvalue weighted by atomic mass is 32.1. The van der Waals surface area contributed by atoms with Gasteiger partial charge in [-0.2, -0.15) is 4.98 Å². The number of hydrogen-bond acceptors (Lipinski definition) is 10. The number of carbonyl (C=O) groups is 1. The molecule has 1 saturated heterocycles. The molecule has 2 amide bonds. The summed E-state index contributed by atoms with van der Waals surface area (Å²) in [6.07, 6.45) is 1.08. The number of aryl methyl sites for hydroxylation is 1. The van der Waals surface area contributed by atoms with Gasteiger partial charge < -0.3 is 35.8 Å². The molecule has 216 valence electrons. The number of ether oxygens (including phenoxy) is 2. The van der Waals surface area contributed by atoms with Crippen LogP contribution in [0.3, 0.4) is 0 Å². The fraction of sp³-hybridized carbons (Fsp3) is 0.571. The molecule has 5 N–H and O–H groups in total. The lowest BCUT2D eigenvalue weighted by Crippen LogP contribution is -2.47. The molecule has 40 heavy (non-hydrogen) atoms. The van der Waals surface area contributed by atoms with Gasteiger partial charge in [0.05, 0.1) is 21.5 Å². The number of nitrogens with one attached hydrogen (secondary N) is 4. The molecular formula is C28H39N7O4S. The van der Waals surface area contributed by atoms with E-state index in [1.54, 1.807) is 11.3 Å². The Bertz CT molecular complexity index is 1360. The van der Waals surface area contributed by atoms with Crippen LogP contribution in [0.5, 0.6) is 0 Å². The minimum absolute atomic E-state index is 0.0175. The normalized spacial score (nSPS) is 23.7. The zero-order valence-electron chi connectivity index (χ0n) is 23.9. The number of aliphatic hydroxyl groups excluding tert-OH is 1. The molecule has 12 heteroatoms. The summed E-state index contributed by atoms with van der Waals surface area (Å²) in [7, 11) is 0. The summed E-state index contributed by atoms with van der Waals surface area (Å²) in [4.78, 5) is 26.6. The first-order valence-electron chi connectivity index (χ1n) is 13.7. The maximum absolute atomic E-state index is 12.1. The number of carbonyl (C=O) groups excluding carboxylic acids is 1. The topological polar surface area (TPSA) is 143 Å². The Kier molecular flexibility index (Phi) is 7.64. The summed E-state index contributed by atoms with van der Waals surface area (Å²) >= 11 is 1.58. The Morgan fingerprint density at radius 2 is 1.95 bits per heavy atom. The second-order valence-electron chi connectivity index (χ2n) is 11.9. The molecule has 11 nitrogen and oxygen atoms in total. The number of fused-ring (bicyclic) bond motifs is 2. The molecule has 3 heterocycles. The summed E-state index contributed by atoms with van der Waals surface area (Å²) < 4.78 is 13.8. The quantitative estimate of drug-likeness (QED) is 0.252. The lowest BCUT2D eigenvalue weighted by atomic mass is 10.0. The SMILES string of the molecule is Cc1nc(NCCNC(=O)NC(C)(C)C)nc(NC23CCC(CO)C2OC(C)(C)O3)c1-c1nc2ccccc2s1. The number of anilines is 2. The summed E-state index contributed by atoms with van der Waals surface area (Å²) in [5.74, 6) is 0.137. The van der Waals surface area contributed by atoms with Gasteiger partial charge in [0.15, 0.2) is 11.5 Å². The van der Waals surface area contributed by atoms with Gasteiger partial charge in [-0.05, 0) is 66.5 Å². The number of aromatic nitrogens is 3. The molecule has 1 aliphatic heterocycles. The van der Waals surface area contributed by atoms with Crippen molar-refractivity contribution in [2.45, 2.75) is 77.5 Å². The molecule has 0 radical (unpaired) electrons. The van der Waals surface area contributed by atoms with Crippen LogP contribution in [0.1, 0.15) is 53.2 Å². The third-order valence-electron chi connectivity index (χ3n) is 6.96. The number of rotatable bonds is 8. The fourth-order valence-corrected chi connectivity index (χ4v) is 6.47.